The van der Waals surface area contributed by atoms with E-state index in [1.807, 2.05) is 127 Å². The van der Waals surface area contributed by atoms with Gasteiger partial charge in [0.1, 0.15) is 56.4 Å². The first-order valence-corrected chi connectivity index (χ1v) is 50.0. The highest BCUT2D eigenvalue weighted by Crippen LogP contribution is 2.35. The van der Waals surface area contributed by atoms with E-state index in [2.05, 4.69) is 153 Å². The zero-order valence-corrected chi connectivity index (χ0v) is 93.1. The third-order valence-electron chi connectivity index (χ3n) is 26.7. The highest BCUT2D eigenvalue weighted by atomic mass is 15.0. The minimum atomic E-state index is -2.45. The lowest BCUT2D eigenvalue weighted by Crippen LogP contribution is -2.32. The largest absolute Gasteiger partial charge is 0.212 e. The van der Waals surface area contributed by atoms with Gasteiger partial charge in [0.15, 0.2) is 49.6 Å². The van der Waals surface area contributed by atoms with Crippen molar-refractivity contribution in [1.82, 2.24) is 0 Å². The van der Waals surface area contributed by atoms with Crippen molar-refractivity contribution in [2.45, 2.75) is 289 Å². The molecule has 0 bridgehead atoms. The normalized spacial score (nSPS) is 17.3. The summed E-state index contributed by atoms with van der Waals surface area (Å²) in [5.74, 6) is -6.34. The zero-order chi connectivity index (χ0) is 140. The molecule has 16 aromatic rings. The van der Waals surface area contributed by atoms with Crippen LogP contribution in [0.15, 0.2) is 268 Å². The standard InChI is InChI=1S/C19H26N.3C18H24N.2C17H22N.2C16H20N/c1-13(2)16-7-9-18(15(5)11-16)19-10-8-17(14(3)4)12-20(19)6;1-12(2)16-7-8-17(14(4)9-16)18-10-13(3)15(5)11-19(18)6;1-12(2)17-10-18(19(6)11-15(17)5)16-8-7-13(3)9-14(16)4;1-12(2)17-11-19(6)18(10-15(17)5)16-8-7-13(3)9-14(16)4;1-12(2)15-7-8-16(14(4)10-15)17-9-6-13(3)11-18(17)5;1-12(2)15-7-9-17(18(5)11-15)16-8-6-13(3)10-14(16)4;1-11-6-7-15(13(3)8-11)16-9-12(2)14(4)10-17(16)5;1-5-14-7-9-16(17(4)11-14)15-8-6-12(2)10-13(15)3/h7-14H,1-6H3;3*7-12H,1-6H3;2*6-12H,1-5H3;6-10H,1-5H3;6-11H,5H2,1-4H3/q8*+1/i1D3,3D3,13D,14D;1D3,5D3,12D;;;3D3,12D;1D3,3D3,12D;1D3,4D3;2D3,5D2. The van der Waals surface area contributed by atoms with Crippen LogP contribution in [-0.2, 0) is 62.8 Å². The fourth-order valence-corrected chi connectivity index (χ4v) is 18.2. The summed E-state index contributed by atoms with van der Waals surface area (Å²) in [5, 5.41) is 0. The molecule has 8 aromatic heterocycles. The minimum Gasteiger partial charge on any atom is -0.201 e. The lowest BCUT2D eigenvalue weighted by atomic mass is 9.95. The molecule has 0 N–H and O–H groups in total. The predicted octanol–water partition coefficient (Wildman–Crippen LogP) is 32.0. The van der Waals surface area contributed by atoms with E-state index in [0.29, 0.717) is 78.6 Å². The van der Waals surface area contributed by atoms with Gasteiger partial charge < -0.3 is 0 Å². The molecule has 0 spiro atoms. The maximum Gasteiger partial charge on any atom is 0.212 e. The second kappa shape index (κ2) is 53.0. The average Bonchev–Trinajstić information content (AvgIpc) is 0.765. The summed E-state index contributed by atoms with van der Waals surface area (Å²) < 4.78 is 298. The molecule has 0 amide bonds. The Morgan fingerprint density at radius 2 is 0.463 bits per heavy atom. The van der Waals surface area contributed by atoms with Crippen LogP contribution in [0.1, 0.15) is 351 Å². The first-order chi connectivity index (χ1) is 83.6. The van der Waals surface area contributed by atoms with Crippen LogP contribution in [0.25, 0.3) is 90.1 Å². The van der Waals surface area contributed by atoms with Gasteiger partial charge in [-0.25, -0.2) is 36.5 Å². The summed E-state index contributed by atoms with van der Waals surface area (Å²) in [7, 11) is 15.1. The fraction of sp³-hybridized carbons (Fsp3) is 0.367. The lowest BCUT2D eigenvalue weighted by molar-refractivity contribution is -0.661. The van der Waals surface area contributed by atoms with E-state index < -0.39 is 104 Å². The zero-order valence-electron chi connectivity index (χ0n) is 130. The summed E-state index contributed by atoms with van der Waals surface area (Å²) in [6.07, 6.45) is 13.1. The van der Waals surface area contributed by atoms with Gasteiger partial charge in [0.05, 0.1) is 0 Å². The Labute approximate surface area is 942 Å². The number of aromatic nitrogens is 8. The minimum absolute atomic E-state index is 0.286. The molecule has 8 heterocycles. The van der Waals surface area contributed by atoms with Gasteiger partial charge in [0.2, 0.25) is 45.6 Å². The maximum atomic E-state index is 8.25. The van der Waals surface area contributed by atoms with E-state index >= 15 is 0 Å². The first-order valence-electron chi connectivity index (χ1n) is 68.5. The van der Waals surface area contributed by atoms with Gasteiger partial charge in [-0.15, -0.1) is 0 Å². The first kappa shape index (κ1) is 73.9. The Morgan fingerprint density at radius 1 is 0.204 bits per heavy atom. The van der Waals surface area contributed by atoms with Gasteiger partial charge in [-0.05, 0) is 342 Å². The molecule has 4 atom stereocenters. The van der Waals surface area contributed by atoms with Gasteiger partial charge in [0.25, 0.3) is 0 Å². The lowest BCUT2D eigenvalue weighted by Gasteiger charge is -2.12. The van der Waals surface area contributed by atoms with Crippen molar-refractivity contribution < 1.29 is 87.3 Å². The van der Waals surface area contributed by atoms with Gasteiger partial charge in [-0.2, -0.15) is 0 Å². The predicted molar refractivity (Wildman–Crippen MR) is 627 cm³/mol. The molecule has 0 aliphatic carbocycles. The summed E-state index contributed by atoms with van der Waals surface area (Å²) >= 11 is 0. The molecule has 8 aromatic carbocycles. The van der Waals surface area contributed by atoms with Crippen LogP contribution < -0.4 is 36.5 Å². The van der Waals surface area contributed by atoms with Gasteiger partial charge >= 0.3 is 0 Å². The second-order valence-corrected chi connectivity index (χ2v) is 40.1. The summed E-state index contributed by atoms with van der Waals surface area (Å²) in [6, 6.07) is 67.1. The van der Waals surface area contributed by atoms with Gasteiger partial charge in [-0.3, -0.25) is 0 Å². The summed E-state index contributed by atoms with van der Waals surface area (Å²) in [6.45, 7) is 25.2. The molecule has 0 saturated carbocycles. The van der Waals surface area contributed by atoms with Crippen molar-refractivity contribution in [2.75, 3.05) is 0 Å². The monoisotopic (exact) mass is 2000 g/mol. The van der Waals surface area contributed by atoms with E-state index in [1.54, 1.807) is 219 Å². The Balaban J connectivity index is 0.000000230. The number of nitrogens with zero attached hydrogens (tertiary/aromatic N) is 8. The van der Waals surface area contributed by atoms with Crippen molar-refractivity contribution in [3.8, 4) is 90.1 Å². The van der Waals surface area contributed by atoms with Crippen molar-refractivity contribution >= 4 is 0 Å². The van der Waals surface area contributed by atoms with E-state index in [-0.39, 0.29) is 5.56 Å². The van der Waals surface area contributed by atoms with E-state index in [4.69, 9.17) is 50.7 Å². The Kier molecular flexibility index (Phi) is 26.7. The van der Waals surface area contributed by atoms with Crippen molar-refractivity contribution in [2.24, 2.45) is 56.4 Å². The van der Waals surface area contributed by atoms with Gasteiger partial charge in [0, 0.05) is 188 Å². The second-order valence-electron chi connectivity index (χ2n) is 40.1. The van der Waals surface area contributed by atoms with E-state index in [0.717, 1.165) is 106 Å². The van der Waals surface area contributed by atoms with Crippen LogP contribution in [0, 0.1) is 138 Å². The molecule has 0 aliphatic rings. The number of hydrogen-bond donors (Lipinski definition) is 0. The third-order valence-corrected chi connectivity index (χ3v) is 26.7. The molecule has 16 rings (SSSR count). The summed E-state index contributed by atoms with van der Waals surface area (Å²) in [4.78, 5) is 0. The number of rotatable bonds is 16. The van der Waals surface area contributed by atoms with Gasteiger partial charge in [-0.1, -0.05) is 228 Å². The average molecular weight is 2000 g/mol. The number of aryl methyl sites for hydroxylation is 29. The molecule has 0 fully saturated rings. The molecule has 8 heteroatoms. The molecule has 4 unspecified atom stereocenters. The summed E-state index contributed by atoms with van der Waals surface area (Å²) in [5.41, 5.74) is 38.5. The molecule has 770 valence electrons. The molecule has 147 heavy (non-hydrogen) atoms. The Hall–Kier alpha value is -13.0. The molecule has 0 saturated heterocycles. The SMILES string of the molecule is Cc1ccc(-c2cc(C(C)C)c(C)c[n+]2C)c(C)c1.Cc1ccc(-c2cc(C)c(C(C)C)c[n+]2C)c(C)c1.[2H]C([2H])([2H])C([2H])(C)c1ccc(-c2ccc(C([2H])(C)C([2H])([2H])[2H])c[n+]2C)c(C)c1.[2H]C([2H])([2H])c1c[n+](C)c(-c2ccc(C([2H])(C)C([2H])([2H])[2H])cc2C)cc1C.[2H]C([2H])([2H])c1ccc(-c2cc(C)c(C([2H])([2H])[2H])c[n+]2C)c(C)c1.[2H]C([2H])([2H])c1ccc(-c2ccc(C([2H])(C)C([2H])([2H])[2H])c[n+]2C)c(C)c1.[2H]C([2H])([2H])c1ccc(-c2ccc(C([2H])(C)C)cc2C)[n+](C)c1.[2H]C([2H])([2H])c1ccc(-c2ccc(C([2H])([2H])C)c[n+]2C)c(C)c1. The van der Waals surface area contributed by atoms with Crippen molar-refractivity contribution in [3.63, 3.8) is 0 Å². The van der Waals surface area contributed by atoms with Crippen LogP contribution in [0.2, 0.25) is 0 Å². The molecule has 0 aliphatic heterocycles. The maximum absolute atomic E-state index is 8.25. The smallest absolute Gasteiger partial charge is 0.201 e. The Morgan fingerprint density at radius 3 is 0.769 bits per heavy atom. The highest BCUT2D eigenvalue weighted by molar-refractivity contribution is 5.69. The molecular weight excluding hydrogens is 1780 g/mol. The third kappa shape index (κ3) is 31.5. The van der Waals surface area contributed by atoms with Crippen LogP contribution in [0.5, 0.6) is 0 Å². The fourth-order valence-electron chi connectivity index (χ4n) is 18.2. The number of benzene rings is 8. The Bertz CT molecular complexity index is 8610. The highest BCUT2D eigenvalue weighted by Gasteiger charge is 2.25. The van der Waals surface area contributed by atoms with Crippen LogP contribution >= 0.6 is 0 Å². The molecular formula is C139H182N8+8. The van der Waals surface area contributed by atoms with Crippen LogP contribution in [0.3, 0.4) is 0 Å². The van der Waals surface area contributed by atoms with E-state index in [9.17, 15) is 0 Å². The van der Waals surface area contributed by atoms with Crippen molar-refractivity contribution in [1.29, 1.82) is 0 Å². The van der Waals surface area contributed by atoms with Crippen molar-refractivity contribution in [3.05, 3.63) is 424 Å². The molecule has 0 radical (unpaired) electrons. The topological polar surface area (TPSA) is 31.0 Å². The quantitative estimate of drug-likeness (QED) is 0.0864. The van der Waals surface area contributed by atoms with E-state index in [1.165, 1.54) is 102 Å². The van der Waals surface area contributed by atoms with Crippen LogP contribution in [-0.4, -0.2) is 0 Å². The number of pyridine rings is 8. The van der Waals surface area contributed by atoms with Crippen LogP contribution in [0.4, 0.5) is 0 Å². The molecule has 8 nitrogen and oxygen atoms in total. The number of hydrogen-bond acceptors (Lipinski definition) is 0.